The highest BCUT2D eigenvalue weighted by Crippen LogP contribution is 2.23. The van der Waals surface area contributed by atoms with Crippen molar-refractivity contribution in [3.05, 3.63) is 64.1 Å². The molecule has 1 N–H and O–H groups in total. The van der Waals surface area contributed by atoms with Crippen molar-refractivity contribution < 1.29 is 9.53 Å². The van der Waals surface area contributed by atoms with E-state index in [9.17, 15) is 4.79 Å². The summed E-state index contributed by atoms with van der Waals surface area (Å²) in [7, 11) is 0. The number of hydrogen-bond donors (Lipinski definition) is 1. The molecule has 2 aromatic carbocycles. The van der Waals surface area contributed by atoms with Crippen molar-refractivity contribution in [3.63, 3.8) is 0 Å². The van der Waals surface area contributed by atoms with Gasteiger partial charge < -0.3 is 10.1 Å². The van der Waals surface area contributed by atoms with Gasteiger partial charge in [0.2, 0.25) is 0 Å². The average molecular weight is 334 g/mol. The zero-order chi connectivity index (χ0) is 14.4. The standard InChI is InChI=1S/C16H16BrNO2/c1-12-6-2-3-7-13(12)16(19)18-10-11-20-15-9-5-4-8-14(15)17/h2-9H,10-11H2,1H3,(H,18,19). The van der Waals surface area contributed by atoms with Gasteiger partial charge in [0.05, 0.1) is 11.0 Å². The number of amides is 1. The third-order valence-electron chi connectivity index (χ3n) is 2.87. The first-order valence-electron chi connectivity index (χ1n) is 6.39. The number of halogens is 1. The van der Waals surface area contributed by atoms with Gasteiger partial charge >= 0.3 is 0 Å². The van der Waals surface area contributed by atoms with Gasteiger partial charge in [0, 0.05) is 5.56 Å². The lowest BCUT2D eigenvalue weighted by molar-refractivity contribution is 0.0946. The third kappa shape index (κ3) is 3.84. The van der Waals surface area contributed by atoms with Gasteiger partial charge in [0.1, 0.15) is 12.4 Å². The maximum Gasteiger partial charge on any atom is 0.251 e. The van der Waals surface area contributed by atoms with E-state index in [0.29, 0.717) is 18.7 Å². The summed E-state index contributed by atoms with van der Waals surface area (Å²) in [6.07, 6.45) is 0. The van der Waals surface area contributed by atoms with E-state index in [4.69, 9.17) is 4.74 Å². The van der Waals surface area contributed by atoms with Crippen LogP contribution in [0.1, 0.15) is 15.9 Å². The summed E-state index contributed by atoms with van der Waals surface area (Å²) in [5.74, 6) is 0.705. The smallest absolute Gasteiger partial charge is 0.251 e. The van der Waals surface area contributed by atoms with Crippen molar-refractivity contribution in [2.75, 3.05) is 13.2 Å². The number of carbonyl (C=O) groups excluding carboxylic acids is 1. The molecule has 0 bridgehead atoms. The van der Waals surface area contributed by atoms with Crippen molar-refractivity contribution in [2.45, 2.75) is 6.92 Å². The molecule has 3 nitrogen and oxygen atoms in total. The number of ether oxygens (including phenoxy) is 1. The van der Waals surface area contributed by atoms with Gasteiger partial charge in [-0.25, -0.2) is 0 Å². The maximum absolute atomic E-state index is 12.0. The lowest BCUT2D eigenvalue weighted by Crippen LogP contribution is -2.28. The highest BCUT2D eigenvalue weighted by atomic mass is 79.9. The Labute approximate surface area is 127 Å². The summed E-state index contributed by atoms with van der Waals surface area (Å²) in [5.41, 5.74) is 1.67. The second-order valence-electron chi connectivity index (χ2n) is 4.35. The molecule has 2 aromatic rings. The molecule has 0 fully saturated rings. The fourth-order valence-electron chi connectivity index (χ4n) is 1.81. The minimum absolute atomic E-state index is 0.0705. The van der Waals surface area contributed by atoms with Crippen LogP contribution in [0.5, 0.6) is 5.75 Å². The Morgan fingerprint density at radius 3 is 2.60 bits per heavy atom. The van der Waals surface area contributed by atoms with Gasteiger partial charge in [0.25, 0.3) is 5.91 Å². The lowest BCUT2D eigenvalue weighted by Gasteiger charge is -2.10. The van der Waals surface area contributed by atoms with Gasteiger partial charge in [-0.05, 0) is 46.6 Å². The van der Waals surface area contributed by atoms with Crippen molar-refractivity contribution in [3.8, 4) is 5.75 Å². The van der Waals surface area contributed by atoms with Gasteiger partial charge in [0.15, 0.2) is 0 Å². The van der Waals surface area contributed by atoms with Crippen LogP contribution in [0.15, 0.2) is 53.0 Å². The van der Waals surface area contributed by atoms with E-state index in [1.54, 1.807) is 0 Å². The minimum Gasteiger partial charge on any atom is -0.491 e. The molecule has 0 spiro atoms. The van der Waals surface area contributed by atoms with E-state index >= 15 is 0 Å². The van der Waals surface area contributed by atoms with E-state index in [0.717, 1.165) is 15.8 Å². The average Bonchev–Trinajstić information content (AvgIpc) is 2.45. The van der Waals surface area contributed by atoms with Crippen LogP contribution in [0.3, 0.4) is 0 Å². The Kier molecular flexibility index (Phi) is 5.18. The Balaban J connectivity index is 1.81. The number of hydrogen-bond acceptors (Lipinski definition) is 2. The number of rotatable bonds is 5. The van der Waals surface area contributed by atoms with E-state index in [-0.39, 0.29) is 5.91 Å². The van der Waals surface area contributed by atoms with Gasteiger partial charge in [-0.15, -0.1) is 0 Å². The van der Waals surface area contributed by atoms with Crippen molar-refractivity contribution >= 4 is 21.8 Å². The quantitative estimate of drug-likeness (QED) is 0.849. The molecule has 0 aromatic heterocycles. The first-order chi connectivity index (χ1) is 9.68. The van der Waals surface area contributed by atoms with Gasteiger partial charge in [-0.3, -0.25) is 4.79 Å². The summed E-state index contributed by atoms with van der Waals surface area (Å²) < 4.78 is 6.50. The van der Waals surface area contributed by atoms with E-state index in [1.807, 2.05) is 55.5 Å². The highest BCUT2D eigenvalue weighted by Gasteiger charge is 2.07. The lowest BCUT2D eigenvalue weighted by atomic mass is 10.1. The topological polar surface area (TPSA) is 38.3 Å². The predicted molar refractivity (Wildman–Crippen MR) is 83.1 cm³/mol. The molecule has 0 unspecified atom stereocenters. The van der Waals surface area contributed by atoms with Crippen molar-refractivity contribution in [1.82, 2.24) is 5.32 Å². The first kappa shape index (κ1) is 14.6. The van der Waals surface area contributed by atoms with Gasteiger partial charge in [-0.1, -0.05) is 30.3 Å². The van der Waals surface area contributed by atoms with Crippen LogP contribution in [0.25, 0.3) is 0 Å². The minimum atomic E-state index is -0.0705. The number of para-hydroxylation sites is 1. The predicted octanol–water partition coefficient (Wildman–Crippen LogP) is 3.57. The molecule has 0 saturated heterocycles. The largest absolute Gasteiger partial charge is 0.491 e. The number of aryl methyl sites for hydroxylation is 1. The third-order valence-corrected chi connectivity index (χ3v) is 3.53. The fraction of sp³-hybridized carbons (Fsp3) is 0.188. The molecule has 0 radical (unpaired) electrons. The summed E-state index contributed by atoms with van der Waals surface area (Å²) in [4.78, 5) is 12.0. The Hall–Kier alpha value is -1.81. The molecule has 2 rings (SSSR count). The molecule has 20 heavy (non-hydrogen) atoms. The van der Waals surface area contributed by atoms with Gasteiger partial charge in [-0.2, -0.15) is 0 Å². The molecular formula is C16H16BrNO2. The molecule has 4 heteroatoms. The molecular weight excluding hydrogens is 318 g/mol. The fourth-order valence-corrected chi connectivity index (χ4v) is 2.21. The van der Waals surface area contributed by atoms with Crippen LogP contribution in [0.2, 0.25) is 0 Å². The summed E-state index contributed by atoms with van der Waals surface area (Å²) in [6, 6.07) is 15.2. The maximum atomic E-state index is 12.0. The highest BCUT2D eigenvalue weighted by molar-refractivity contribution is 9.10. The van der Waals surface area contributed by atoms with E-state index < -0.39 is 0 Å². The van der Waals surface area contributed by atoms with Crippen LogP contribution < -0.4 is 10.1 Å². The SMILES string of the molecule is Cc1ccccc1C(=O)NCCOc1ccccc1Br. The zero-order valence-corrected chi connectivity index (χ0v) is 12.8. The normalized spacial score (nSPS) is 10.1. The second kappa shape index (κ2) is 7.10. The van der Waals surface area contributed by atoms with E-state index in [2.05, 4.69) is 21.2 Å². The number of nitrogens with one attached hydrogen (secondary N) is 1. The Morgan fingerprint density at radius 2 is 1.85 bits per heavy atom. The first-order valence-corrected chi connectivity index (χ1v) is 7.19. The molecule has 0 heterocycles. The van der Waals surface area contributed by atoms with Crippen molar-refractivity contribution in [1.29, 1.82) is 0 Å². The molecule has 0 saturated carbocycles. The van der Waals surface area contributed by atoms with Crippen LogP contribution in [0.4, 0.5) is 0 Å². The molecule has 0 aliphatic carbocycles. The second-order valence-corrected chi connectivity index (χ2v) is 5.20. The molecule has 104 valence electrons. The number of carbonyl (C=O) groups is 1. The van der Waals surface area contributed by atoms with Crippen LogP contribution in [0, 0.1) is 6.92 Å². The summed E-state index contributed by atoms with van der Waals surface area (Å²) >= 11 is 3.41. The van der Waals surface area contributed by atoms with Crippen LogP contribution >= 0.6 is 15.9 Å². The van der Waals surface area contributed by atoms with Crippen LogP contribution in [-0.2, 0) is 0 Å². The zero-order valence-electron chi connectivity index (χ0n) is 11.2. The summed E-state index contributed by atoms with van der Waals surface area (Å²) in [5, 5.41) is 2.85. The molecule has 1 amide bonds. The number of benzene rings is 2. The monoisotopic (exact) mass is 333 g/mol. The Morgan fingerprint density at radius 1 is 1.15 bits per heavy atom. The van der Waals surface area contributed by atoms with Crippen LogP contribution in [-0.4, -0.2) is 19.1 Å². The molecule has 0 aliphatic heterocycles. The van der Waals surface area contributed by atoms with Crippen molar-refractivity contribution in [2.24, 2.45) is 0 Å². The van der Waals surface area contributed by atoms with E-state index in [1.165, 1.54) is 0 Å². The Bertz CT molecular complexity index is 599. The molecule has 0 aliphatic rings. The summed E-state index contributed by atoms with van der Waals surface area (Å²) in [6.45, 7) is 2.82. The molecule has 0 atom stereocenters.